The van der Waals surface area contributed by atoms with Crippen molar-refractivity contribution in [2.75, 3.05) is 12.4 Å². The van der Waals surface area contributed by atoms with Crippen LogP contribution < -0.4 is 10.6 Å². The van der Waals surface area contributed by atoms with Gasteiger partial charge in [0.1, 0.15) is 0 Å². The van der Waals surface area contributed by atoms with Crippen LogP contribution in [0, 0.1) is 6.92 Å². The number of anilines is 1. The zero-order valence-corrected chi connectivity index (χ0v) is 13.6. The van der Waals surface area contributed by atoms with E-state index in [2.05, 4.69) is 20.4 Å². The summed E-state index contributed by atoms with van der Waals surface area (Å²) in [4.78, 5) is 27.1. The van der Waals surface area contributed by atoms with Crippen LogP contribution in [-0.4, -0.2) is 24.1 Å². The first kappa shape index (κ1) is 16.7. The molecule has 0 atom stereocenters. The molecule has 0 spiro atoms. The van der Waals surface area contributed by atoms with Crippen molar-refractivity contribution >= 4 is 35.1 Å². The second-order valence-corrected chi connectivity index (χ2v) is 5.72. The third-order valence-electron chi connectivity index (χ3n) is 2.89. The Morgan fingerprint density at radius 2 is 2.04 bits per heavy atom. The second-order valence-electron chi connectivity index (χ2n) is 4.66. The van der Waals surface area contributed by atoms with E-state index in [4.69, 9.17) is 0 Å². The number of hydrogen-bond donors (Lipinski definition) is 2. The Bertz CT molecular complexity index is 708. The molecular formula is C16H17N3O3S. The van der Waals surface area contributed by atoms with Crippen LogP contribution in [0.4, 0.5) is 10.5 Å². The number of aromatic nitrogens is 1. The molecule has 23 heavy (non-hydrogen) atoms. The predicted octanol–water partition coefficient (Wildman–Crippen LogP) is 2.96. The van der Waals surface area contributed by atoms with Crippen molar-refractivity contribution in [2.24, 2.45) is 0 Å². The van der Waals surface area contributed by atoms with Gasteiger partial charge in [-0.3, -0.25) is 10.1 Å². The summed E-state index contributed by atoms with van der Waals surface area (Å²) < 4.78 is 4.51. The number of methoxy groups -OCH3 is 1. The highest BCUT2D eigenvalue weighted by Gasteiger charge is 2.01. The monoisotopic (exact) mass is 331 g/mol. The minimum Gasteiger partial charge on any atom is -0.453 e. The van der Waals surface area contributed by atoms with E-state index in [1.54, 1.807) is 29.5 Å². The molecule has 0 aliphatic heterocycles. The standard InChI is InChI=1S/C16H17N3O3S/c1-11-18-14(10-23-11)7-8-15(20)17-9-12-3-5-13(6-4-12)19-16(21)22-2/h3-8,10H,9H2,1-2H3,(H,17,20)(H,19,21)/b8-7+. The largest absolute Gasteiger partial charge is 0.453 e. The summed E-state index contributed by atoms with van der Waals surface area (Å²) in [5.41, 5.74) is 2.33. The third-order valence-corrected chi connectivity index (χ3v) is 3.69. The van der Waals surface area contributed by atoms with Crippen LogP contribution in [0.2, 0.25) is 0 Å². The maximum atomic E-state index is 11.8. The van der Waals surface area contributed by atoms with E-state index < -0.39 is 6.09 Å². The van der Waals surface area contributed by atoms with Gasteiger partial charge in [-0.15, -0.1) is 11.3 Å². The van der Waals surface area contributed by atoms with E-state index in [0.717, 1.165) is 16.3 Å². The summed E-state index contributed by atoms with van der Waals surface area (Å²) in [6, 6.07) is 7.12. The Hall–Kier alpha value is -2.67. The van der Waals surface area contributed by atoms with Crippen LogP contribution in [0.15, 0.2) is 35.7 Å². The normalized spacial score (nSPS) is 10.5. The molecule has 120 valence electrons. The highest BCUT2D eigenvalue weighted by molar-refractivity contribution is 7.09. The molecule has 0 bridgehead atoms. The van der Waals surface area contributed by atoms with Gasteiger partial charge in [-0.05, 0) is 30.7 Å². The molecule has 1 aromatic carbocycles. The average molecular weight is 331 g/mol. The Morgan fingerprint density at radius 1 is 1.30 bits per heavy atom. The maximum Gasteiger partial charge on any atom is 0.411 e. The molecule has 6 nitrogen and oxygen atoms in total. The van der Waals surface area contributed by atoms with Crippen LogP contribution in [0.25, 0.3) is 6.08 Å². The first-order chi connectivity index (χ1) is 11.1. The van der Waals surface area contributed by atoms with Gasteiger partial charge < -0.3 is 10.1 Å². The third kappa shape index (κ3) is 5.55. The number of carbonyl (C=O) groups excluding carboxylic acids is 2. The minimum absolute atomic E-state index is 0.188. The fraction of sp³-hybridized carbons (Fsp3) is 0.188. The topological polar surface area (TPSA) is 80.3 Å². The number of nitrogens with one attached hydrogen (secondary N) is 2. The smallest absolute Gasteiger partial charge is 0.411 e. The van der Waals surface area contributed by atoms with Gasteiger partial charge in [-0.2, -0.15) is 0 Å². The quantitative estimate of drug-likeness (QED) is 0.826. The lowest BCUT2D eigenvalue weighted by atomic mass is 10.2. The number of aryl methyl sites for hydroxylation is 1. The number of nitrogens with zero attached hydrogens (tertiary/aromatic N) is 1. The number of hydrogen-bond acceptors (Lipinski definition) is 5. The van der Waals surface area contributed by atoms with E-state index >= 15 is 0 Å². The van der Waals surface area contributed by atoms with Crippen molar-refractivity contribution < 1.29 is 14.3 Å². The summed E-state index contributed by atoms with van der Waals surface area (Å²) in [5.74, 6) is -0.188. The number of thiazole rings is 1. The van der Waals surface area contributed by atoms with Gasteiger partial charge in [-0.25, -0.2) is 9.78 Å². The zero-order valence-electron chi connectivity index (χ0n) is 12.8. The van der Waals surface area contributed by atoms with Gasteiger partial charge in [0.15, 0.2) is 0 Å². The van der Waals surface area contributed by atoms with Crippen molar-refractivity contribution in [1.29, 1.82) is 0 Å². The van der Waals surface area contributed by atoms with Crippen LogP contribution in [-0.2, 0) is 16.1 Å². The predicted molar refractivity (Wildman–Crippen MR) is 90.2 cm³/mol. The van der Waals surface area contributed by atoms with E-state index in [0.29, 0.717) is 12.2 Å². The van der Waals surface area contributed by atoms with Gasteiger partial charge in [0, 0.05) is 23.7 Å². The van der Waals surface area contributed by atoms with Gasteiger partial charge >= 0.3 is 6.09 Å². The molecule has 0 aliphatic carbocycles. The molecule has 2 rings (SSSR count). The number of carbonyl (C=O) groups is 2. The minimum atomic E-state index is -0.520. The molecule has 2 N–H and O–H groups in total. The SMILES string of the molecule is COC(=O)Nc1ccc(CNC(=O)/C=C/c2csc(C)n2)cc1. The van der Waals surface area contributed by atoms with Crippen molar-refractivity contribution in [3.63, 3.8) is 0 Å². The first-order valence-corrected chi connectivity index (χ1v) is 7.77. The van der Waals surface area contributed by atoms with E-state index in [9.17, 15) is 9.59 Å². The van der Waals surface area contributed by atoms with Crippen LogP contribution in [0.5, 0.6) is 0 Å². The molecule has 0 fully saturated rings. The van der Waals surface area contributed by atoms with Crippen molar-refractivity contribution in [1.82, 2.24) is 10.3 Å². The first-order valence-electron chi connectivity index (χ1n) is 6.89. The molecule has 1 aromatic heterocycles. The number of amides is 2. The average Bonchev–Trinajstić information content (AvgIpc) is 2.97. The van der Waals surface area contributed by atoms with Gasteiger partial charge in [0.05, 0.1) is 17.8 Å². The summed E-state index contributed by atoms with van der Waals surface area (Å²) in [5, 5.41) is 8.20. The summed E-state index contributed by atoms with van der Waals surface area (Å²) >= 11 is 1.54. The highest BCUT2D eigenvalue weighted by Crippen LogP contribution is 2.10. The molecule has 0 aliphatic rings. The molecular weight excluding hydrogens is 314 g/mol. The van der Waals surface area contributed by atoms with Gasteiger partial charge in [0.2, 0.25) is 5.91 Å². The lowest BCUT2D eigenvalue weighted by Crippen LogP contribution is -2.20. The van der Waals surface area contributed by atoms with Crippen LogP contribution in [0.1, 0.15) is 16.3 Å². The maximum absolute atomic E-state index is 11.8. The molecule has 2 aromatic rings. The molecule has 0 radical (unpaired) electrons. The van der Waals surface area contributed by atoms with Crippen molar-refractivity contribution in [3.8, 4) is 0 Å². The number of ether oxygens (including phenoxy) is 1. The van der Waals surface area contributed by atoms with Gasteiger partial charge in [-0.1, -0.05) is 12.1 Å². The van der Waals surface area contributed by atoms with E-state index in [-0.39, 0.29) is 5.91 Å². The van der Waals surface area contributed by atoms with Crippen LogP contribution >= 0.6 is 11.3 Å². The fourth-order valence-corrected chi connectivity index (χ4v) is 2.32. The fourth-order valence-electron chi connectivity index (χ4n) is 1.74. The van der Waals surface area contributed by atoms with Crippen molar-refractivity contribution in [3.05, 3.63) is 52.0 Å². The van der Waals surface area contributed by atoms with Crippen molar-refractivity contribution in [2.45, 2.75) is 13.5 Å². The second kappa shape index (κ2) is 8.09. The molecule has 0 saturated carbocycles. The molecule has 1 heterocycles. The Morgan fingerprint density at radius 3 is 2.65 bits per heavy atom. The van der Waals surface area contributed by atoms with E-state index in [1.165, 1.54) is 13.2 Å². The Kier molecular flexibility index (Phi) is 5.87. The van der Waals surface area contributed by atoms with Gasteiger partial charge in [0.25, 0.3) is 0 Å². The molecule has 0 unspecified atom stereocenters. The Labute approximate surface area is 138 Å². The Balaban J connectivity index is 1.82. The summed E-state index contributed by atoms with van der Waals surface area (Å²) in [7, 11) is 1.31. The number of benzene rings is 1. The highest BCUT2D eigenvalue weighted by atomic mass is 32.1. The van der Waals surface area contributed by atoms with Crippen LogP contribution in [0.3, 0.4) is 0 Å². The zero-order chi connectivity index (χ0) is 16.7. The van der Waals surface area contributed by atoms with E-state index in [1.807, 2.05) is 24.4 Å². The lowest BCUT2D eigenvalue weighted by Gasteiger charge is -2.06. The summed E-state index contributed by atoms with van der Waals surface area (Å²) in [6.45, 7) is 2.32. The number of rotatable bonds is 5. The molecule has 7 heteroatoms. The molecule has 2 amide bonds. The summed E-state index contributed by atoms with van der Waals surface area (Å²) in [6.07, 6.45) is 2.62. The molecule has 0 saturated heterocycles. The lowest BCUT2D eigenvalue weighted by molar-refractivity contribution is -0.116.